The molecule has 0 saturated carbocycles. The van der Waals surface area contributed by atoms with Crippen molar-refractivity contribution in [3.05, 3.63) is 34.5 Å². The van der Waals surface area contributed by atoms with Gasteiger partial charge in [0.1, 0.15) is 5.82 Å². The molecule has 144 valence electrons. The topological polar surface area (TPSA) is 103 Å². The van der Waals surface area contributed by atoms with Crippen LogP contribution < -0.4 is 16.0 Å². The highest BCUT2D eigenvalue weighted by Crippen LogP contribution is 2.38. The number of nitrogens with zero attached hydrogens (tertiary/aromatic N) is 2. The highest BCUT2D eigenvalue weighted by Gasteiger charge is 2.38. The summed E-state index contributed by atoms with van der Waals surface area (Å²) in [6.45, 7) is 0. The van der Waals surface area contributed by atoms with Crippen LogP contribution in [-0.2, 0) is 4.79 Å². The highest BCUT2D eigenvalue weighted by molar-refractivity contribution is 8.04. The molecule has 27 heavy (non-hydrogen) atoms. The maximum absolute atomic E-state index is 13.0. The number of urea groups is 1. The SMILES string of the molecule is CNc1ccc(C(=O)C2CCCC3=C(SC(NC(=O)N(C)C)N3)C2=O)cn1. The van der Waals surface area contributed by atoms with Crippen LogP contribution in [0.2, 0.25) is 0 Å². The molecule has 3 rings (SSSR count). The van der Waals surface area contributed by atoms with Gasteiger partial charge in [0.05, 0.1) is 10.8 Å². The average Bonchev–Trinajstić information content (AvgIpc) is 3.00. The summed E-state index contributed by atoms with van der Waals surface area (Å²) in [7, 11) is 5.06. The third kappa shape index (κ3) is 4.08. The Bertz CT molecular complexity index is 791. The van der Waals surface area contributed by atoms with Crippen LogP contribution in [0.15, 0.2) is 28.9 Å². The fraction of sp³-hybridized carbons (Fsp3) is 0.444. The van der Waals surface area contributed by atoms with Crippen molar-refractivity contribution in [3.8, 4) is 0 Å². The van der Waals surface area contributed by atoms with Crippen LogP contribution in [0.1, 0.15) is 29.6 Å². The smallest absolute Gasteiger partial charge is 0.319 e. The summed E-state index contributed by atoms with van der Waals surface area (Å²) in [5.74, 6) is -0.425. The van der Waals surface area contributed by atoms with Gasteiger partial charge in [-0.2, -0.15) is 0 Å². The summed E-state index contributed by atoms with van der Waals surface area (Å²) >= 11 is 1.27. The summed E-state index contributed by atoms with van der Waals surface area (Å²) in [5.41, 5.74) is 0.845. The third-order valence-electron chi connectivity index (χ3n) is 4.56. The van der Waals surface area contributed by atoms with E-state index in [-0.39, 0.29) is 17.6 Å². The van der Waals surface area contributed by atoms with Gasteiger partial charge in [-0.25, -0.2) is 9.78 Å². The van der Waals surface area contributed by atoms with Crippen LogP contribution in [0.4, 0.5) is 10.6 Å². The number of carbonyl (C=O) groups excluding carboxylic acids is 3. The standard InChI is InChI=1S/C18H23N5O3S/c1-19-13-8-7-10(9-20-13)14(24)11-5-4-6-12-16(15(11)25)27-17(21-12)22-18(26)23(2)3/h7-9,11,17,21H,4-6H2,1-3H3,(H,19,20)(H,22,26). The molecule has 0 bridgehead atoms. The lowest BCUT2D eigenvalue weighted by atomic mass is 9.91. The van der Waals surface area contributed by atoms with E-state index in [2.05, 4.69) is 20.9 Å². The molecule has 2 atom stereocenters. The molecule has 1 aliphatic heterocycles. The number of amides is 2. The van der Waals surface area contributed by atoms with Crippen molar-refractivity contribution < 1.29 is 14.4 Å². The fourth-order valence-corrected chi connectivity index (χ4v) is 4.21. The minimum Gasteiger partial charge on any atom is -0.373 e. The number of Topliss-reactive ketones (excluding diaryl/α,β-unsaturated/α-hetero) is 2. The zero-order chi connectivity index (χ0) is 19.6. The Labute approximate surface area is 162 Å². The summed E-state index contributed by atoms with van der Waals surface area (Å²) in [6.07, 6.45) is 3.42. The molecule has 9 heteroatoms. The first kappa shape index (κ1) is 19.2. The molecule has 2 heterocycles. The molecule has 1 aromatic heterocycles. The van der Waals surface area contributed by atoms with Crippen molar-refractivity contribution in [2.75, 3.05) is 26.5 Å². The monoisotopic (exact) mass is 389 g/mol. The fourth-order valence-electron chi connectivity index (χ4n) is 3.05. The molecule has 8 nitrogen and oxygen atoms in total. The van der Waals surface area contributed by atoms with Gasteiger partial charge in [0.2, 0.25) is 0 Å². The number of ketones is 2. The van der Waals surface area contributed by atoms with Crippen molar-refractivity contribution in [2.45, 2.75) is 24.8 Å². The molecule has 2 unspecified atom stereocenters. The van der Waals surface area contributed by atoms with Gasteiger partial charge in [-0.3, -0.25) is 9.59 Å². The number of hydrogen-bond donors (Lipinski definition) is 3. The predicted octanol–water partition coefficient (Wildman–Crippen LogP) is 1.78. The molecule has 3 N–H and O–H groups in total. The number of rotatable bonds is 4. The predicted molar refractivity (Wildman–Crippen MR) is 104 cm³/mol. The van der Waals surface area contributed by atoms with Crippen molar-refractivity contribution in [1.29, 1.82) is 0 Å². The van der Waals surface area contributed by atoms with Crippen molar-refractivity contribution >= 4 is 35.2 Å². The quantitative estimate of drug-likeness (QED) is 0.533. The molecule has 2 amide bonds. The summed E-state index contributed by atoms with van der Waals surface area (Å²) in [6, 6.07) is 3.17. The summed E-state index contributed by atoms with van der Waals surface area (Å²) < 4.78 is 0. The second-order valence-corrected chi connectivity index (χ2v) is 7.76. The molecule has 0 saturated heterocycles. The normalized spacial score (nSPS) is 21.8. The lowest BCUT2D eigenvalue weighted by Gasteiger charge is -2.19. The van der Waals surface area contributed by atoms with Crippen molar-refractivity contribution in [1.82, 2.24) is 20.5 Å². The average molecular weight is 389 g/mol. The summed E-state index contributed by atoms with van der Waals surface area (Å²) in [4.78, 5) is 43.9. The first-order valence-corrected chi connectivity index (χ1v) is 9.65. The molecule has 0 radical (unpaired) electrons. The van der Waals surface area contributed by atoms with E-state index in [1.807, 2.05) is 0 Å². The molecule has 1 aromatic rings. The number of nitrogens with one attached hydrogen (secondary N) is 3. The number of aromatic nitrogens is 1. The minimum absolute atomic E-state index is 0.177. The molecule has 0 aromatic carbocycles. The zero-order valence-corrected chi connectivity index (χ0v) is 16.4. The number of anilines is 1. The molecular formula is C18H23N5O3S. The largest absolute Gasteiger partial charge is 0.373 e. The van der Waals surface area contributed by atoms with Crippen LogP contribution >= 0.6 is 11.8 Å². The Morgan fingerprint density at radius 1 is 1.33 bits per heavy atom. The molecule has 0 fully saturated rings. The number of allylic oxidation sites excluding steroid dienone is 2. The van der Waals surface area contributed by atoms with Gasteiger partial charge < -0.3 is 20.9 Å². The lowest BCUT2D eigenvalue weighted by molar-refractivity contribution is -0.117. The van der Waals surface area contributed by atoms with Gasteiger partial charge >= 0.3 is 6.03 Å². The van der Waals surface area contributed by atoms with Crippen LogP contribution in [0.5, 0.6) is 0 Å². The molecular weight excluding hydrogens is 366 g/mol. The Balaban J connectivity index is 1.73. The Kier molecular flexibility index (Phi) is 5.69. The van der Waals surface area contributed by atoms with Crippen molar-refractivity contribution in [3.63, 3.8) is 0 Å². The number of thioether (sulfide) groups is 1. The van der Waals surface area contributed by atoms with Crippen LogP contribution in [-0.4, -0.2) is 54.1 Å². The Hall–Kier alpha value is -2.55. The van der Waals surface area contributed by atoms with Gasteiger partial charge in [0.15, 0.2) is 17.1 Å². The maximum atomic E-state index is 13.0. The second-order valence-electron chi connectivity index (χ2n) is 6.65. The van der Waals surface area contributed by atoms with E-state index < -0.39 is 11.4 Å². The van der Waals surface area contributed by atoms with Crippen molar-refractivity contribution in [2.24, 2.45) is 5.92 Å². The van der Waals surface area contributed by atoms with E-state index in [1.54, 1.807) is 33.3 Å². The van der Waals surface area contributed by atoms with E-state index in [1.165, 1.54) is 22.9 Å². The van der Waals surface area contributed by atoms with Crippen LogP contribution in [0, 0.1) is 5.92 Å². The minimum atomic E-state index is -0.711. The molecule has 0 spiro atoms. The van der Waals surface area contributed by atoms with Crippen LogP contribution in [0.25, 0.3) is 0 Å². The number of hydrogen-bond acceptors (Lipinski definition) is 7. The van der Waals surface area contributed by atoms with Gasteiger partial charge in [-0.05, 0) is 31.4 Å². The number of pyridine rings is 1. The Morgan fingerprint density at radius 3 is 2.74 bits per heavy atom. The molecule has 1 aliphatic carbocycles. The third-order valence-corrected chi connectivity index (χ3v) is 5.71. The first-order valence-electron chi connectivity index (χ1n) is 8.77. The van der Waals surface area contributed by atoms with E-state index in [0.717, 1.165) is 12.1 Å². The molecule has 2 aliphatic rings. The zero-order valence-electron chi connectivity index (χ0n) is 15.5. The van der Waals surface area contributed by atoms with Gasteiger partial charge in [-0.1, -0.05) is 11.8 Å². The van der Waals surface area contributed by atoms with Gasteiger partial charge in [0.25, 0.3) is 0 Å². The first-order chi connectivity index (χ1) is 12.9. The lowest BCUT2D eigenvalue weighted by Crippen LogP contribution is -2.44. The number of carbonyl (C=O) groups is 3. The van der Waals surface area contributed by atoms with E-state index in [9.17, 15) is 14.4 Å². The van der Waals surface area contributed by atoms with E-state index in [4.69, 9.17) is 0 Å². The second kappa shape index (κ2) is 7.99. The van der Waals surface area contributed by atoms with Gasteiger partial charge in [0, 0.05) is 38.6 Å². The highest BCUT2D eigenvalue weighted by atomic mass is 32.2. The van der Waals surface area contributed by atoms with E-state index >= 15 is 0 Å². The maximum Gasteiger partial charge on any atom is 0.319 e. The van der Waals surface area contributed by atoms with Gasteiger partial charge in [-0.15, -0.1) is 0 Å². The van der Waals surface area contributed by atoms with Crippen LogP contribution in [0.3, 0.4) is 0 Å². The Morgan fingerprint density at radius 2 is 2.11 bits per heavy atom. The van der Waals surface area contributed by atoms with E-state index in [0.29, 0.717) is 29.1 Å². The summed E-state index contributed by atoms with van der Waals surface area (Å²) in [5, 5.41) is 8.91.